The molecule has 1 aromatic carbocycles. The van der Waals surface area contributed by atoms with Crippen molar-refractivity contribution in [3.8, 4) is 5.69 Å². The minimum absolute atomic E-state index is 0.0651. The predicted molar refractivity (Wildman–Crippen MR) is 102 cm³/mol. The van der Waals surface area contributed by atoms with Gasteiger partial charge < -0.3 is 4.74 Å². The third-order valence-corrected chi connectivity index (χ3v) is 6.00. The van der Waals surface area contributed by atoms with Crippen LogP contribution in [0.2, 0.25) is 0 Å². The van der Waals surface area contributed by atoms with E-state index in [-0.39, 0.29) is 17.3 Å². The third-order valence-electron chi connectivity index (χ3n) is 6.00. The second-order valence-corrected chi connectivity index (χ2v) is 7.81. The van der Waals surface area contributed by atoms with Gasteiger partial charge >= 0.3 is 0 Å². The molecule has 2 unspecified atom stereocenters. The van der Waals surface area contributed by atoms with Gasteiger partial charge in [-0.05, 0) is 68.0 Å². The molecule has 2 aliphatic carbocycles. The fourth-order valence-corrected chi connectivity index (χ4v) is 4.42. The van der Waals surface area contributed by atoms with Gasteiger partial charge in [-0.25, -0.2) is 9.07 Å². The van der Waals surface area contributed by atoms with E-state index < -0.39 is 0 Å². The van der Waals surface area contributed by atoms with Crippen molar-refractivity contribution in [2.45, 2.75) is 58.5 Å². The van der Waals surface area contributed by atoms with Gasteiger partial charge in [0.15, 0.2) is 0 Å². The van der Waals surface area contributed by atoms with Crippen LogP contribution in [0.15, 0.2) is 36.0 Å². The molecule has 0 N–H and O–H groups in total. The normalized spacial score (nSPS) is 24.7. The second kappa shape index (κ2) is 6.99. The number of hydrogen-bond donors (Lipinski definition) is 0. The number of nitrogens with zero attached hydrogens (tertiary/aromatic N) is 2. The van der Waals surface area contributed by atoms with Crippen LogP contribution in [-0.4, -0.2) is 22.5 Å². The summed E-state index contributed by atoms with van der Waals surface area (Å²) in [5.74, 6) is -0.222. The summed E-state index contributed by atoms with van der Waals surface area (Å²) < 4.78 is 21.5. The zero-order valence-electron chi connectivity index (χ0n) is 15.7. The third kappa shape index (κ3) is 3.01. The lowest BCUT2D eigenvalue weighted by Gasteiger charge is -2.45. The van der Waals surface area contributed by atoms with Gasteiger partial charge in [-0.2, -0.15) is 5.10 Å². The summed E-state index contributed by atoms with van der Waals surface area (Å²) >= 11 is 0. The second-order valence-electron chi connectivity index (χ2n) is 7.81. The van der Waals surface area contributed by atoms with Crippen LogP contribution < -0.4 is 0 Å². The molecule has 0 saturated heterocycles. The SMILES string of the molecule is CCCCOC1CCCC2=Cc3c(cnn3-c3ccc(F)cc3)CC21C. The molecular weight excluding hydrogens is 327 g/mol. The van der Waals surface area contributed by atoms with Gasteiger partial charge in [0.1, 0.15) is 5.82 Å². The van der Waals surface area contributed by atoms with E-state index in [9.17, 15) is 4.39 Å². The highest BCUT2D eigenvalue weighted by molar-refractivity contribution is 5.61. The smallest absolute Gasteiger partial charge is 0.123 e. The van der Waals surface area contributed by atoms with Crippen LogP contribution in [0, 0.1) is 11.2 Å². The zero-order chi connectivity index (χ0) is 18.1. The number of aromatic nitrogens is 2. The average Bonchev–Trinajstić information content (AvgIpc) is 3.03. The monoisotopic (exact) mass is 354 g/mol. The van der Waals surface area contributed by atoms with Crippen molar-refractivity contribution in [2.75, 3.05) is 6.61 Å². The standard InChI is InChI=1S/C22H27FN2O/c1-3-4-12-26-21-7-5-6-17-13-20-16(14-22(17,21)2)15-24-25(20)19-10-8-18(23)9-11-19/h8-11,13,15,21H,3-7,12,14H2,1-2H3. The first-order valence-corrected chi connectivity index (χ1v) is 9.77. The molecule has 4 heteroatoms. The maximum atomic E-state index is 13.3. The molecule has 0 spiro atoms. The summed E-state index contributed by atoms with van der Waals surface area (Å²) in [6.45, 7) is 5.41. The Bertz CT molecular complexity index is 808. The molecule has 1 fully saturated rings. The van der Waals surface area contributed by atoms with Gasteiger partial charge in [0.05, 0.1) is 23.7 Å². The maximum Gasteiger partial charge on any atom is 0.123 e. The quantitative estimate of drug-likeness (QED) is 0.679. The van der Waals surface area contributed by atoms with E-state index in [4.69, 9.17) is 4.74 Å². The molecule has 1 saturated carbocycles. The van der Waals surface area contributed by atoms with Crippen LogP contribution in [0.4, 0.5) is 4.39 Å². The van der Waals surface area contributed by atoms with Gasteiger partial charge in [-0.1, -0.05) is 25.8 Å². The number of halogens is 1. The minimum Gasteiger partial charge on any atom is -0.377 e. The maximum absolute atomic E-state index is 13.3. The molecule has 3 nitrogen and oxygen atoms in total. The van der Waals surface area contributed by atoms with Gasteiger partial charge in [0.2, 0.25) is 0 Å². The van der Waals surface area contributed by atoms with Crippen LogP contribution in [0.1, 0.15) is 57.2 Å². The number of fused-ring (bicyclic) bond motifs is 2. The summed E-state index contributed by atoms with van der Waals surface area (Å²) in [6, 6.07) is 6.54. The van der Waals surface area contributed by atoms with Crippen LogP contribution in [0.3, 0.4) is 0 Å². The van der Waals surface area contributed by atoms with Crippen molar-refractivity contribution in [3.05, 3.63) is 53.1 Å². The molecule has 2 aliphatic rings. The van der Waals surface area contributed by atoms with Crippen molar-refractivity contribution in [3.63, 3.8) is 0 Å². The Labute approximate surface area is 154 Å². The van der Waals surface area contributed by atoms with Crippen LogP contribution >= 0.6 is 0 Å². The molecule has 4 rings (SSSR count). The lowest BCUT2D eigenvalue weighted by Crippen LogP contribution is -2.42. The Morgan fingerprint density at radius 2 is 2.12 bits per heavy atom. The van der Waals surface area contributed by atoms with Gasteiger partial charge in [-0.3, -0.25) is 0 Å². The zero-order valence-corrected chi connectivity index (χ0v) is 15.7. The van der Waals surface area contributed by atoms with Crippen molar-refractivity contribution in [1.82, 2.24) is 9.78 Å². The predicted octanol–water partition coefficient (Wildman–Crippen LogP) is 5.33. The molecule has 0 radical (unpaired) electrons. The first-order valence-electron chi connectivity index (χ1n) is 9.77. The molecule has 138 valence electrons. The summed E-state index contributed by atoms with van der Waals surface area (Å²) in [6.07, 6.45) is 11.3. The van der Waals surface area contributed by atoms with E-state index in [0.29, 0.717) is 0 Å². The molecule has 0 aliphatic heterocycles. The summed E-state index contributed by atoms with van der Waals surface area (Å²) in [4.78, 5) is 0. The van der Waals surface area contributed by atoms with Crippen LogP contribution in [-0.2, 0) is 11.2 Å². The first kappa shape index (κ1) is 17.5. The van der Waals surface area contributed by atoms with Gasteiger partial charge in [0, 0.05) is 12.0 Å². The average molecular weight is 354 g/mol. The Hall–Kier alpha value is -1.94. The molecule has 26 heavy (non-hydrogen) atoms. The fraction of sp³-hybridized carbons (Fsp3) is 0.500. The molecule has 2 atom stereocenters. The molecule has 0 bridgehead atoms. The summed E-state index contributed by atoms with van der Waals surface area (Å²) in [5, 5.41) is 4.60. The lowest BCUT2D eigenvalue weighted by atomic mass is 9.64. The molecule has 1 aromatic heterocycles. The van der Waals surface area contributed by atoms with E-state index in [0.717, 1.165) is 43.7 Å². The number of rotatable bonds is 5. The topological polar surface area (TPSA) is 27.1 Å². The van der Waals surface area contributed by atoms with Crippen molar-refractivity contribution in [1.29, 1.82) is 0 Å². The highest BCUT2D eigenvalue weighted by Gasteiger charge is 2.44. The van der Waals surface area contributed by atoms with Crippen molar-refractivity contribution >= 4 is 6.08 Å². The van der Waals surface area contributed by atoms with Gasteiger partial charge in [-0.15, -0.1) is 0 Å². The van der Waals surface area contributed by atoms with Crippen molar-refractivity contribution < 1.29 is 9.13 Å². The van der Waals surface area contributed by atoms with E-state index >= 15 is 0 Å². The number of benzene rings is 1. The van der Waals surface area contributed by atoms with E-state index in [1.165, 1.54) is 36.1 Å². The minimum atomic E-state index is -0.222. The molecule has 2 aromatic rings. The molecular formula is C22H27FN2O. The molecule has 0 amide bonds. The highest BCUT2D eigenvalue weighted by atomic mass is 19.1. The van der Waals surface area contributed by atoms with Crippen molar-refractivity contribution in [2.24, 2.45) is 5.41 Å². The summed E-state index contributed by atoms with van der Waals surface area (Å²) in [7, 11) is 0. The Balaban J connectivity index is 1.65. The van der Waals surface area contributed by atoms with Gasteiger partial charge in [0.25, 0.3) is 0 Å². The van der Waals surface area contributed by atoms with E-state index in [2.05, 4.69) is 25.0 Å². The van der Waals surface area contributed by atoms with E-state index in [1.807, 2.05) is 10.9 Å². The first-order chi connectivity index (χ1) is 12.6. The fourth-order valence-electron chi connectivity index (χ4n) is 4.42. The Morgan fingerprint density at radius 3 is 2.88 bits per heavy atom. The number of hydrogen-bond acceptors (Lipinski definition) is 2. The molecule has 1 heterocycles. The largest absolute Gasteiger partial charge is 0.377 e. The van der Waals surface area contributed by atoms with Crippen LogP contribution in [0.5, 0.6) is 0 Å². The Kier molecular flexibility index (Phi) is 4.70. The lowest BCUT2D eigenvalue weighted by molar-refractivity contribution is -0.0357. The number of ether oxygens (including phenoxy) is 1. The highest BCUT2D eigenvalue weighted by Crippen LogP contribution is 2.49. The summed E-state index contributed by atoms with van der Waals surface area (Å²) in [5.41, 5.74) is 4.83. The number of unbranched alkanes of at least 4 members (excludes halogenated alkanes) is 1. The van der Waals surface area contributed by atoms with Crippen LogP contribution in [0.25, 0.3) is 11.8 Å². The Morgan fingerprint density at radius 1 is 1.31 bits per heavy atom. The van der Waals surface area contributed by atoms with E-state index in [1.54, 1.807) is 12.1 Å².